The number of rotatable bonds is 11. The Hall–Kier alpha value is -4.83. The second kappa shape index (κ2) is 12.8. The highest BCUT2D eigenvalue weighted by Gasteiger charge is 2.40. The van der Waals surface area contributed by atoms with Crippen LogP contribution >= 0.6 is 12.2 Å². The maximum atomic E-state index is 13.8. The van der Waals surface area contributed by atoms with Crippen molar-refractivity contribution in [2.45, 2.75) is 13.5 Å². The lowest BCUT2D eigenvalue weighted by atomic mass is 10.1. The zero-order valence-electron chi connectivity index (χ0n) is 23.6. The van der Waals surface area contributed by atoms with Gasteiger partial charge in [0.15, 0.2) is 5.11 Å². The summed E-state index contributed by atoms with van der Waals surface area (Å²) in [6, 6.07) is 22.5. The Labute approximate surface area is 249 Å². The average molecular weight is 586 g/mol. The number of methoxy groups -OCH3 is 2. The number of thiocarbonyl (C=S) groups is 1. The molecule has 0 bridgehead atoms. The van der Waals surface area contributed by atoms with Gasteiger partial charge in [-0.1, -0.05) is 18.2 Å². The van der Waals surface area contributed by atoms with E-state index in [4.69, 9.17) is 31.2 Å². The van der Waals surface area contributed by atoms with Crippen molar-refractivity contribution in [2.75, 3.05) is 38.9 Å². The number of ether oxygens (including phenoxy) is 4. The zero-order valence-corrected chi connectivity index (χ0v) is 24.4. The number of aromatic nitrogens is 1. The van der Waals surface area contributed by atoms with E-state index >= 15 is 0 Å². The second-order valence-electron chi connectivity index (χ2n) is 9.36. The number of anilines is 1. The molecule has 0 radical (unpaired) electrons. The molecule has 0 aliphatic carbocycles. The van der Waals surface area contributed by atoms with Crippen LogP contribution in [0.1, 0.15) is 12.5 Å². The molecule has 0 atom stereocenters. The summed E-state index contributed by atoms with van der Waals surface area (Å²) < 4.78 is 23.7. The third-order valence-electron chi connectivity index (χ3n) is 6.83. The third-order valence-corrected chi connectivity index (χ3v) is 7.23. The van der Waals surface area contributed by atoms with Crippen molar-refractivity contribution < 1.29 is 28.5 Å². The van der Waals surface area contributed by atoms with E-state index in [2.05, 4.69) is 4.57 Å². The molecule has 42 heavy (non-hydrogen) atoms. The van der Waals surface area contributed by atoms with Crippen LogP contribution in [-0.4, -0.2) is 60.4 Å². The van der Waals surface area contributed by atoms with Crippen molar-refractivity contribution >= 4 is 51.9 Å². The van der Waals surface area contributed by atoms with Crippen LogP contribution in [-0.2, 0) is 20.9 Å². The maximum Gasteiger partial charge on any atom is 0.325 e. The fourth-order valence-corrected chi connectivity index (χ4v) is 5.12. The highest BCUT2D eigenvalue weighted by atomic mass is 32.1. The smallest absolute Gasteiger partial charge is 0.325 e. The molecule has 216 valence electrons. The number of para-hydroxylation sites is 1. The number of benzene rings is 3. The number of nitrogens with zero attached hydrogens (tertiary/aromatic N) is 3. The minimum absolute atomic E-state index is 0.192. The predicted octanol–water partition coefficient (Wildman–Crippen LogP) is 5.28. The van der Waals surface area contributed by atoms with Gasteiger partial charge in [0.05, 0.1) is 33.1 Å². The van der Waals surface area contributed by atoms with Crippen LogP contribution in [0.15, 0.2) is 84.7 Å². The monoisotopic (exact) mass is 585 g/mol. The van der Waals surface area contributed by atoms with Crippen molar-refractivity contribution in [1.82, 2.24) is 9.47 Å². The fourth-order valence-electron chi connectivity index (χ4n) is 4.77. The Bertz CT molecular complexity index is 1630. The summed E-state index contributed by atoms with van der Waals surface area (Å²) in [4.78, 5) is 29.1. The van der Waals surface area contributed by atoms with Gasteiger partial charge in [-0.15, -0.1) is 0 Å². The van der Waals surface area contributed by atoms with Gasteiger partial charge in [0.2, 0.25) is 0 Å². The van der Waals surface area contributed by atoms with Crippen LogP contribution < -0.4 is 19.1 Å². The molecule has 0 spiro atoms. The molecule has 9 nitrogen and oxygen atoms in total. The molecule has 0 N–H and O–H groups in total. The second-order valence-corrected chi connectivity index (χ2v) is 9.73. The molecule has 3 aromatic carbocycles. The number of hydrogen-bond acceptors (Lipinski definition) is 7. The molecule has 2 heterocycles. The summed E-state index contributed by atoms with van der Waals surface area (Å²) in [6.07, 6.45) is 3.75. The molecular formula is C32H31N3O6S. The molecule has 1 saturated heterocycles. The number of amides is 1. The molecule has 5 rings (SSSR count). The first-order valence-corrected chi connectivity index (χ1v) is 13.9. The van der Waals surface area contributed by atoms with E-state index in [-0.39, 0.29) is 23.3 Å². The molecule has 1 aliphatic rings. The van der Waals surface area contributed by atoms with Crippen LogP contribution in [0.5, 0.6) is 17.2 Å². The van der Waals surface area contributed by atoms with Gasteiger partial charge < -0.3 is 28.4 Å². The van der Waals surface area contributed by atoms with E-state index in [0.29, 0.717) is 31.2 Å². The molecule has 4 aromatic rings. The lowest BCUT2D eigenvalue weighted by Gasteiger charge is -2.19. The molecule has 1 amide bonds. The zero-order chi connectivity index (χ0) is 29.6. The summed E-state index contributed by atoms with van der Waals surface area (Å²) in [5.74, 6) is 1.34. The highest BCUT2D eigenvalue weighted by Crippen LogP contribution is 2.32. The third kappa shape index (κ3) is 5.94. The number of esters is 1. The molecule has 0 unspecified atom stereocenters. The van der Waals surface area contributed by atoms with Gasteiger partial charge in [-0.2, -0.15) is 0 Å². The van der Waals surface area contributed by atoms with Gasteiger partial charge in [0.25, 0.3) is 5.91 Å². The van der Waals surface area contributed by atoms with Crippen molar-refractivity contribution in [2.24, 2.45) is 0 Å². The first-order valence-electron chi connectivity index (χ1n) is 13.5. The first kappa shape index (κ1) is 28.7. The lowest BCUT2D eigenvalue weighted by Crippen LogP contribution is -2.35. The Balaban J connectivity index is 1.45. The normalized spacial score (nSPS) is 14.1. The average Bonchev–Trinajstić information content (AvgIpc) is 3.47. The number of hydrogen-bond donors (Lipinski definition) is 0. The van der Waals surface area contributed by atoms with E-state index in [0.717, 1.165) is 28.0 Å². The maximum absolute atomic E-state index is 13.8. The Morgan fingerprint density at radius 3 is 2.26 bits per heavy atom. The van der Waals surface area contributed by atoms with E-state index in [1.807, 2.05) is 61.7 Å². The molecule has 0 saturated carbocycles. The van der Waals surface area contributed by atoms with Gasteiger partial charge in [0, 0.05) is 22.7 Å². The predicted molar refractivity (Wildman–Crippen MR) is 165 cm³/mol. The van der Waals surface area contributed by atoms with Gasteiger partial charge in [0.1, 0.15) is 36.1 Å². The van der Waals surface area contributed by atoms with E-state index in [1.165, 1.54) is 16.9 Å². The largest absolute Gasteiger partial charge is 0.497 e. The Kier molecular flexibility index (Phi) is 8.73. The van der Waals surface area contributed by atoms with Crippen LogP contribution in [0.25, 0.3) is 17.0 Å². The number of carbonyl (C=O) groups excluding carboxylic acids is 2. The Morgan fingerprint density at radius 1 is 0.905 bits per heavy atom. The number of carbonyl (C=O) groups is 2. The van der Waals surface area contributed by atoms with Crippen molar-refractivity contribution in [1.29, 1.82) is 0 Å². The van der Waals surface area contributed by atoms with E-state index in [1.54, 1.807) is 37.5 Å². The molecule has 1 aliphatic heterocycles. The lowest BCUT2D eigenvalue weighted by molar-refractivity contribution is -0.140. The molecule has 1 aromatic heterocycles. The summed E-state index contributed by atoms with van der Waals surface area (Å²) in [5, 5.41) is 1.14. The van der Waals surface area contributed by atoms with Crippen LogP contribution in [0, 0.1) is 0 Å². The van der Waals surface area contributed by atoms with Crippen molar-refractivity contribution in [3.63, 3.8) is 0 Å². The van der Waals surface area contributed by atoms with Crippen LogP contribution in [0.2, 0.25) is 0 Å². The summed E-state index contributed by atoms with van der Waals surface area (Å²) in [5.41, 5.74) is 2.64. The molecular weight excluding hydrogens is 554 g/mol. The summed E-state index contributed by atoms with van der Waals surface area (Å²) in [7, 11) is 2.93. The first-order chi connectivity index (χ1) is 20.4. The minimum atomic E-state index is -0.511. The van der Waals surface area contributed by atoms with E-state index < -0.39 is 5.97 Å². The van der Waals surface area contributed by atoms with Crippen molar-refractivity contribution in [3.8, 4) is 17.2 Å². The van der Waals surface area contributed by atoms with Gasteiger partial charge in [-0.25, -0.2) is 0 Å². The fraction of sp³-hybridized carbons (Fsp3) is 0.219. The molecule has 10 heteroatoms. The van der Waals surface area contributed by atoms with Gasteiger partial charge >= 0.3 is 5.97 Å². The summed E-state index contributed by atoms with van der Waals surface area (Å²) >= 11 is 5.71. The molecule has 1 fully saturated rings. The van der Waals surface area contributed by atoms with Crippen molar-refractivity contribution in [3.05, 3.63) is 90.3 Å². The Morgan fingerprint density at radius 2 is 1.57 bits per heavy atom. The standard InChI is InChI=1S/C32H31N3O6S/c1-4-40-25-11-9-23(10-12-25)35-31(37)29(34(32(35)42)21-30(36)39-3)19-22-20-33(28-8-6-5-7-27(22)28)17-18-41-26-15-13-24(38-2)14-16-26/h5-16,19-20H,4,17-18,21H2,1-3H3/b29-19-. The number of fused-ring (bicyclic) bond motifs is 1. The van der Waals surface area contributed by atoms with E-state index in [9.17, 15) is 9.59 Å². The topological polar surface area (TPSA) is 82.5 Å². The quantitative estimate of drug-likeness (QED) is 0.134. The van der Waals surface area contributed by atoms with Crippen LogP contribution in [0.3, 0.4) is 0 Å². The van der Waals surface area contributed by atoms with Gasteiger partial charge in [-0.3, -0.25) is 14.5 Å². The van der Waals surface area contributed by atoms with Gasteiger partial charge in [-0.05, 0) is 79.8 Å². The van der Waals surface area contributed by atoms with Crippen LogP contribution in [0.4, 0.5) is 5.69 Å². The summed E-state index contributed by atoms with van der Waals surface area (Å²) in [6.45, 7) is 3.24. The minimum Gasteiger partial charge on any atom is -0.497 e. The highest BCUT2D eigenvalue weighted by molar-refractivity contribution is 7.80. The SMILES string of the molecule is CCOc1ccc(N2C(=O)/C(=C/c3cn(CCOc4ccc(OC)cc4)c4ccccc34)N(CC(=O)OC)C2=S)cc1.